The standard InChI is InChI=1S/C21H24BrN3O2S2/c1-3-10-25-17-9-8-15(22)12-18(17)29-21(25)23-19(26)13-28-14-20(27)24-11-6-5-7-16(24)4-2/h1,8-9,12,16H,4-7,10-11,13-14H2,2H3. The van der Waals surface area contributed by atoms with Gasteiger partial charge in [0.15, 0.2) is 4.80 Å². The summed E-state index contributed by atoms with van der Waals surface area (Å²) in [6.07, 6.45) is 9.83. The Hall–Kier alpha value is -1.56. The summed E-state index contributed by atoms with van der Waals surface area (Å²) in [5.41, 5.74) is 0.959. The number of carbonyl (C=O) groups is 2. The van der Waals surface area contributed by atoms with Gasteiger partial charge >= 0.3 is 0 Å². The average molecular weight is 494 g/mol. The lowest BCUT2D eigenvalue weighted by molar-refractivity contribution is -0.132. The molecule has 1 unspecified atom stereocenters. The van der Waals surface area contributed by atoms with E-state index in [1.165, 1.54) is 29.5 Å². The fourth-order valence-electron chi connectivity index (χ4n) is 3.58. The van der Waals surface area contributed by atoms with Gasteiger partial charge in [-0.25, -0.2) is 0 Å². The van der Waals surface area contributed by atoms with Crippen molar-refractivity contribution in [1.29, 1.82) is 0 Å². The second-order valence-corrected chi connectivity index (χ2v) is 9.84. The van der Waals surface area contributed by atoms with Crippen molar-refractivity contribution in [3.05, 3.63) is 27.5 Å². The van der Waals surface area contributed by atoms with E-state index >= 15 is 0 Å². The molecule has 3 rings (SSSR count). The Morgan fingerprint density at radius 1 is 1.38 bits per heavy atom. The summed E-state index contributed by atoms with van der Waals surface area (Å²) in [7, 11) is 0. The predicted molar refractivity (Wildman–Crippen MR) is 124 cm³/mol. The lowest BCUT2D eigenvalue weighted by Crippen LogP contribution is -2.44. The number of thiazole rings is 1. The molecule has 5 nitrogen and oxygen atoms in total. The van der Waals surface area contributed by atoms with Crippen molar-refractivity contribution in [2.45, 2.75) is 45.2 Å². The number of piperidine rings is 1. The minimum Gasteiger partial charge on any atom is -0.339 e. The van der Waals surface area contributed by atoms with Crippen LogP contribution >= 0.6 is 39.0 Å². The van der Waals surface area contributed by atoms with Gasteiger partial charge in [-0.05, 0) is 43.9 Å². The quantitative estimate of drug-likeness (QED) is 0.570. The van der Waals surface area contributed by atoms with Crippen LogP contribution in [0.2, 0.25) is 0 Å². The molecule has 0 N–H and O–H groups in total. The van der Waals surface area contributed by atoms with Gasteiger partial charge in [-0.15, -0.1) is 18.2 Å². The maximum atomic E-state index is 12.5. The maximum absolute atomic E-state index is 12.5. The first kappa shape index (κ1) is 22.1. The number of amides is 2. The highest BCUT2D eigenvalue weighted by molar-refractivity contribution is 9.10. The van der Waals surface area contributed by atoms with Crippen molar-refractivity contribution < 1.29 is 9.59 Å². The molecule has 1 aliphatic heterocycles. The molecular formula is C21H24BrN3O2S2. The van der Waals surface area contributed by atoms with Crippen LogP contribution in [-0.2, 0) is 16.1 Å². The van der Waals surface area contributed by atoms with Crippen molar-refractivity contribution in [3.63, 3.8) is 0 Å². The number of hydrogen-bond donors (Lipinski definition) is 0. The van der Waals surface area contributed by atoms with Gasteiger partial charge < -0.3 is 9.47 Å². The summed E-state index contributed by atoms with van der Waals surface area (Å²) in [5.74, 6) is 3.01. The van der Waals surface area contributed by atoms with E-state index in [2.05, 4.69) is 33.8 Å². The van der Waals surface area contributed by atoms with Crippen LogP contribution in [0.1, 0.15) is 32.6 Å². The average Bonchev–Trinajstić information content (AvgIpc) is 3.04. The van der Waals surface area contributed by atoms with Crippen molar-refractivity contribution in [3.8, 4) is 12.3 Å². The van der Waals surface area contributed by atoms with Crippen LogP contribution in [0.25, 0.3) is 10.2 Å². The molecule has 0 bridgehead atoms. The second kappa shape index (κ2) is 10.5. The maximum Gasteiger partial charge on any atom is 0.258 e. The summed E-state index contributed by atoms with van der Waals surface area (Å²) in [5, 5.41) is 0. The first-order valence-corrected chi connectivity index (χ1v) is 12.5. The molecule has 1 saturated heterocycles. The second-order valence-electron chi connectivity index (χ2n) is 6.93. The number of carbonyl (C=O) groups excluding carboxylic acids is 2. The van der Waals surface area contributed by atoms with Gasteiger partial charge in [0, 0.05) is 17.1 Å². The zero-order valence-electron chi connectivity index (χ0n) is 16.4. The molecule has 2 heterocycles. The molecule has 1 aromatic heterocycles. The Kier molecular flexibility index (Phi) is 7.99. The van der Waals surface area contributed by atoms with Gasteiger partial charge in [0.05, 0.1) is 28.3 Å². The SMILES string of the molecule is C#CCn1c(=NC(=O)CSCC(=O)N2CCCCC2CC)sc2cc(Br)ccc21. The van der Waals surface area contributed by atoms with Crippen molar-refractivity contribution in [2.75, 3.05) is 18.1 Å². The number of rotatable bonds is 6. The number of fused-ring (bicyclic) bond motifs is 1. The van der Waals surface area contributed by atoms with E-state index in [9.17, 15) is 9.59 Å². The van der Waals surface area contributed by atoms with Gasteiger partial charge in [0.25, 0.3) is 5.91 Å². The van der Waals surface area contributed by atoms with Gasteiger partial charge in [-0.1, -0.05) is 40.1 Å². The molecule has 0 spiro atoms. The van der Waals surface area contributed by atoms with E-state index < -0.39 is 0 Å². The number of thioether (sulfide) groups is 1. The van der Waals surface area contributed by atoms with Crippen LogP contribution < -0.4 is 4.80 Å². The number of terminal acetylenes is 1. The Bertz CT molecular complexity index is 1010. The Morgan fingerprint density at radius 3 is 2.97 bits per heavy atom. The lowest BCUT2D eigenvalue weighted by atomic mass is 10.0. The molecule has 8 heteroatoms. The Morgan fingerprint density at radius 2 is 2.21 bits per heavy atom. The molecule has 0 saturated carbocycles. The molecule has 0 aliphatic carbocycles. The van der Waals surface area contributed by atoms with E-state index in [-0.39, 0.29) is 17.6 Å². The largest absolute Gasteiger partial charge is 0.339 e. The third-order valence-corrected chi connectivity index (χ3v) is 7.42. The minimum absolute atomic E-state index is 0.128. The van der Waals surface area contributed by atoms with Crippen LogP contribution in [0, 0.1) is 12.3 Å². The molecule has 2 aromatic rings. The fraction of sp³-hybridized carbons (Fsp3) is 0.476. The van der Waals surface area contributed by atoms with Crippen LogP contribution in [0.4, 0.5) is 0 Å². The molecule has 0 radical (unpaired) electrons. The number of hydrogen-bond acceptors (Lipinski definition) is 4. The van der Waals surface area contributed by atoms with Crippen molar-refractivity contribution >= 4 is 61.1 Å². The highest BCUT2D eigenvalue weighted by Gasteiger charge is 2.25. The third-order valence-electron chi connectivity index (χ3n) is 4.98. The Labute approximate surface area is 187 Å². The molecule has 1 aliphatic rings. The first-order valence-electron chi connectivity index (χ1n) is 9.70. The normalized spacial score (nSPS) is 17.5. The van der Waals surface area contributed by atoms with Crippen molar-refractivity contribution in [1.82, 2.24) is 9.47 Å². The number of benzene rings is 1. The van der Waals surface area contributed by atoms with Crippen molar-refractivity contribution in [2.24, 2.45) is 4.99 Å². The summed E-state index contributed by atoms with van der Waals surface area (Å²) in [6, 6.07) is 6.25. The van der Waals surface area contributed by atoms with E-state index in [1.807, 2.05) is 27.7 Å². The molecule has 1 fully saturated rings. The van der Waals surface area contributed by atoms with Gasteiger partial charge in [-0.3, -0.25) is 9.59 Å². The lowest BCUT2D eigenvalue weighted by Gasteiger charge is -2.35. The molecule has 29 heavy (non-hydrogen) atoms. The van der Waals surface area contributed by atoms with Crippen LogP contribution in [0.5, 0.6) is 0 Å². The van der Waals surface area contributed by atoms with Gasteiger partial charge in [-0.2, -0.15) is 4.99 Å². The van der Waals surface area contributed by atoms with E-state index in [4.69, 9.17) is 6.42 Å². The number of nitrogens with zero attached hydrogens (tertiary/aromatic N) is 3. The minimum atomic E-state index is -0.245. The fourth-order valence-corrected chi connectivity index (χ4v) is 5.86. The number of likely N-dealkylation sites (tertiary alicyclic amines) is 1. The zero-order chi connectivity index (χ0) is 20.8. The van der Waals surface area contributed by atoms with Gasteiger partial charge in [0.2, 0.25) is 5.91 Å². The predicted octanol–water partition coefficient (Wildman–Crippen LogP) is 4.05. The van der Waals surface area contributed by atoms with E-state index in [1.54, 1.807) is 0 Å². The molecule has 2 amide bonds. The highest BCUT2D eigenvalue weighted by Crippen LogP contribution is 2.23. The summed E-state index contributed by atoms with van der Waals surface area (Å²) >= 11 is 6.24. The summed E-state index contributed by atoms with van der Waals surface area (Å²) < 4.78 is 3.86. The topological polar surface area (TPSA) is 54.7 Å². The van der Waals surface area contributed by atoms with E-state index in [0.29, 0.717) is 23.1 Å². The molecule has 1 aromatic carbocycles. The van der Waals surface area contributed by atoms with Crippen LogP contribution in [0.3, 0.4) is 0 Å². The summed E-state index contributed by atoms with van der Waals surface area (Å²) in [4.78, 5) is 31.8. The molecular weight excluding hydrogens is 470 g/mol. The number of halogens is 1. The third kappa shape index (κ3) is 5.53. The van der Waals surface area contributed by atoms with Crippen LogP contribution in [-0.4, -0.2) is 45.4 Å². The van der Waals surface area contributed by atoms with Gasteiger partial charge in [0.1, 0.15) is 0 Å². The van der Waals surface area contributed by atoms with Crippen LogP contribution in [0.15, 0.2) is 27.7 Å². The summed E-state index contributed by atoms with van der Waals surface area (Å²) in [6.45, 7) is 3.31. The van der Waals surface area contributed by atoms with E-state index in [0.717, 1.165) is 40.5 Å². The number of aromatic nitrogens is 1. The Balaban J connectivity index is 1.65. The molecule has 154 valence electrons. The molecule has 1 atom stereocenters. The first-order chi connectivity index (χ1) is 14.0. The highest BCUT2D eigenvalue weighted by atomic mass is 79.9. The zero-order valence-corrected chi connectivity index (χ0v) is 19.6. The smallest absolute Gasteiger partial charge is 0.258 e. The monoisotopic (exact) mass is 493 g/mol.